The van der Waals surface area contributed by atoms with E-state index in [-0.39, 0.29) is 17.2 Å². The highest BCUT2D eigenvalue weighted by Crippen LogP contribution is 2.20. The molecule has 0 aliphatic rings. The Bertz CT molecular complexity index is 361. The summed E-state index contributed by atoms with van der Waals surface area (Å²) in [5, 5.41) is 0.0645. The van der Waals surface area contributed by atoms with Gasteiger partial charge in [-0.15, -0.1) is 0 Å². The van der Waals surface area contributed by atoms with Crippen molar-refractivity contribution in [2.45, 2.75) is 26.7 Å². The van der Waals surface area contributed by atoms with Gasteiger partial charge in [0.25, 0.3) is 0 Å². The number of benzene rings is 1. The van der Waals surface area contributed by atoms with E-state index < -0.39 is 5.82 Å². The molecular formula is C12H14ClFO. The Morgan fingerprint density at radius 1 is 1.47 bits per heavy atom. The summed E-state index contributed by atoms with van der Waals surface area (Å²) in [6.45, 7) is 3.95. The minimum absolute atomic E-state index is 0.0645. The van der Waals surface area contributed by atoms with E-state index in [9.17, 15) is 9.18 Å². The first kappa shape index (κ1) is 12.2. The van der Waals surface area contributed by atoms with Crippen LogP contribution < -0.4 is 0 Å². The normalized spacial score (nSPS) is 10.7. The predicted octanol–water partition coefficient (Wildman–Crippen LogP) is 3.64. The van der Waals surface area contributed by atoms with Crippen molar-refractivity contribution in [3.05, 3.63) is 34.6 Å². The molecule has 0 aliphatic heterocycles. The maximum Gasteiger partial charge on any atom is 0.142 e. The lowest BCUT2D eigenvalue weighted by atomic mass is 10.0. The highest BCUT2D eigenvalue weighted by Gasteiger charge is 2.11. The molecule has 0 atom stereocenters. The number of carbonyl (C=O) groups is 1. The third kappa shape index (κ3) is 3.63. The molecule has 0 radical (unpaired) electrons. The molecule has 1 aromatic carbocycles. The van der Waals surface area contributed by atoms with E-state index in [1.165, 1.54) is 6.07 Å². The van der Waals surface area contributed by atoms with Crippen molar-refractivity contribution in [3.8, 4) is 0 Å². The summed E-state index contributed by atoms with van der Waals surface area (Å²) < 4.78 is 13.0. The van der Waals surface area contributed by atoms with Gasteiger partial charge in [-0.2, -0.15) is 0 Å². The summed E-state index contributed by atoms with van der Waals surface area (Å²) in [7, 11) is 0. The largest absolute Gasteiger partial charge is 0.299 e. The predicted molar refractivity (Wildman–Crippen MR) is 59.6 cm³/mol. The second-order valence-electron chi connectivity index (χ2n) is 4.03. The van der Waals surface area contributed by atoms with Crippen molar-refractivity contribution >= 4 is 17.4 Å². The third-order valence-corrected chi connectivity index (χ3v) is 2.48. The molecule has 0 fully saturated rings. The highest BCUT2D eigenvalue weighted by atomic mass is 35.5. The standard InChI is InChI=1S/C12H14ClFO/c1-8(2)6-10(15)7-9-4-3-5-11(14)12(9)13/h3-5,8H,6-7H2,1-2H3. The fourth-order valence-corrected chi connectivity index (χ4v) is 1.62. The molecular weight excluding hydrogens is 215 g/mol. The lowest BCUT2D eigenvalue weighted by molar-refractivity contribution is -0.119. The van der Waals surface area contributed by atoms with Gasteiger partial charge in [0.1, 0.15) is 11.6 Å². The zero-order chi connectivity index (χ0) is 11.4. The Hall–Kier alpha value is -0.890. The Morgan fingerprint density at radius 2 is 2.13 bits per heavy atom. The van der Waals surface area contributed by atoms with Crippen molar-refractivity contribution in [1.82, 2.24) is 0 Å². The summed E-state index contributed by atoms with van der Waals surface area (Å²) in [5.41, 5.74) is 0.572. The molecule has 0 bridgehead atoms. The van der Waals surface area contributed by atoms with Crippen LogP contribution in [0, 0.1) is 11.7 Å². The van der Waals surface area contributed by atoms with E-state index >= 15 is 0 Å². The summed E-state index contributed by atoms with van der Waals surface area (Å²) in [5.74, 6) is -0.0474. The van der Waals surface area contributed by atoms with Crippen LogP contribution in [0.4, 0.5) is 4.39 Å². The average Bonchev–Trinajstić information content (AvgIpc) is 2.11. The summed E-state index contributed by atoms with van der Waals surface area (Å²) in [6, 6.07) is 4.54. The minimum atomic E-state index is -0.466. The Balaban J connectivity index is 2.73. The molecule has 1 rings (SSSR count). The molecule has 0 heterocycles. The number of ketones is 1. The van der Waals surface area contributed by atoms with Crippen LogP contribution >= 0.6 is 11.6 Å². The van der Waals surface area contributed by atoms with Crippen molar-refractivity contribution < 1.29 is 9.18 Å². The van der Waals surface area contributed by atoms with Gasteiger partial charge in [-0.1, -0.05) is 37.6 Å². The smallest absolute Gasteiger partial charge is 0.142 e. The molecule has 0 amide bonds. The number of rotatable bonds is 4. The van der Waals surface area contributed by atoms with E-state index in [4.69, 9.17) is 11.6 Å². The summed E-state index contributed by atoms with van der Waals surface area (Å²) in [6.07, 6.45) is 0.724. The van der Waals surface area contributed by atoms with Gasteiger partial charge in [0, 0.05) is 12.8 Å². The van der Waals surface area contributed by atoms with Crippen molar-refractivity contribution in [2.75, 3.05) is 0 Å². The molecule has 0 spiro atoms. The summed E-state index contributed by atoms with van der Waals surface area (Å²) >= 11 is 5.75. The zero-order valence-corrected chi connectivity index (χ0v) is 9.64. The van der Waals surface area contributed by atoms with Crippen LogP contribution in [-0.4, -0.2) is 5.78 Å². The molecule has 0 saturated heterocycles. The van der Waals surface area contributed by atoms with E-state index in [1.54, 1.807) is 12.1 Å². The van der Waals surface area contributed by atoms with Crippen molar-refractivity contribution in [1.29, 1.82) is 0 Å². The van der Waals surface area contributed by atoms with Crippen LogP contribution in [0.25, 0.3) is 0 Å². The van der Waals surface area contributed by atoms with E-state index in [0.29, 0.717) is 17.9 Å². The van der Waals surface area contributed by atoms with Crippen molar-refractivity contribution in [2.24, 2.45) is 5.92 Å². The Morgan fingerprint density at radius 3 is 2.73 bits per heavy atom. The number of Topliss-reactive ketones (excluding diaryl/α,β-unsaturated/α-hetero) is 1. The van der Waals surface area contributed by atoms with Crippen LogP contribution in [0.15, 0.2) is 18.2 Å². The van der Waals surface area contributed by atoms with Crippen LogP contribution in [0.5, 0.6) is 0 Å². The molecule has 1 aromatic rings. The first-order chi connectivity index (χ1) is 7.00. The van der Waals surface area contributed by atoms with Gasteiger partial charge in [0.2, 0.25) is 0 Å². The first-order valence-corrected chi connectivity index (χ1v) is 5.33. The van der Waals surface area contributed by atoms with E-state index in [0.717, 1.165) is 0 Å². The van der Waals surface area contributed by atoms with Gasteiger partial charge in [0.05, 0.1) is 5.02 Å². The van der Waals surface area contributed by atoms with E-state index in [1.807, 2.05) is 13.8 Å². The fraction of sp³-hybridized carbons (Fsp3) is 0.417. The summed E-state index contributed by atoms with van der Waals surface area (Å²) in [4.78, 5) is 11.5. The van der Waals surface area contributed by atoms with Crippen LogP contribution in [0.2, 0.25) is 5.02 Å². The maximum atomic E-state index is 13.0. The molecule has 0 saturated carbocycles. The first-order valence-electron chi connectivity index (χ1n) is 4.95. The molecule has 0 unspecified atom stereocenters. The molecule has 0 aromatic heterocycles. The lowest BCUT2D eigenvalue weighted by Crippen LogP contribution is -2.07. The van der Waals surface area contributed by atoms with E-state index in [2.05, 4.69) is 0 Å². The number of halogens is 2. The SMILES string of the molecule is CC(C)CC(=O)Cc1cccc(F)c1Cl. The quantitative estimate of drug-likeness (QED) is 0.769. The lowest BCUT2D eigenvalue weighted by Gasteiger charge is -2.06. The van der Waals surface area contributed by atoms with Gasteiger partial charge in [-0.05, 0) is 17.5 Å². The van der Waals surface area contributed by atoms with Gasteiger partial charge < -0.3 is 0 Å². The number of carbonyl (C=O) groups excluding carboxylic acids is 1. The second kappa shape index (κ2) is 5.26. The third-order valence-electron chi connectivity index (χ3n) is 2.06. The average molecular weight is 229 g/mol. The molecule has 1 nitrogen and oxygen atoms in total. The van der Waals surface area contributed by atoms with Crippen LogP contribution in [0.3, 0.4) is 0 Å². The zero-order valence-electron chi connectivity index (χ0n) is 8.89. The number of hydrogen-bond acceptors (Lipinski definition) is 1. The monoisotopic (exact) mass is 228 g/mol. The van der Waals surface area contributed by atoms with Gasteiger partial charge >= 0.3 is 0 Å². The Kier molecular flexibility index (Phi) is 4.28. The fourth-order valence-electron chi connectivity index (χ4n) is 1.42. The second-order valence-corrected chi connectivity index (χ2v) is 4.40. The maximum absolute atomic E-state index is 13.0. The van der Waals surface area contributed by atoms with Gasteiger partial charge in [-0.3, -0.25) is 4.79 Å². The van der Waals surface area contributed by atoms with Crippen molar-refractivity contribution in [3.63, 3.8) is 0 Å². The molecule has 0 N–H and O–H groups in total. The molecule has 0 aliphatic carbocycles. The molecule has 82 valence electrons. The minimum Gasteiger partial charge on any atom is -0.299 e. The molecule has 3 heteroatoms. The van der Waals surface area contributed by atoms with Gasteiger partial charge in [-0.25, -0.2) is 4.39 Å². The van der Waals surface area contributed by atoms with Gasteiger partial charge in [0.15, 0.2) is 0 Å². The number of hydrogen-bond donors (Lipinski definition) is 0. The van der Waals surface area contributed by atoms with Crippen LogP contribution in [-0.2, 0) is 11.2 Å². The highest BCUT2D eigenvalue weighted by molar-refractivity contribution is 6.31. The topological polar surface area (TPSA) is 17.1 Å². The molecule has 15 heavy (non-hydrogen) atoms. The van der Waals surface area contributed by atoms with Crippen LogP contribution in [0.1, 0.15) is 25.8 Å². The Labute approximate surface area is 94.3 Å².